The standard InChI is InChI=1S/C18H11ClF3N5O5S/c1-33(30,31)12-5-10(26-27-16(12)28)6-13-24-15(18(20,21)22)14(17(29)25-13)32-11-3-8(7-23)2-9(19)4-11/h2-5H,6H2,1H3,(H,27,28)(H,24,25,29). The van der Waals surface area contributed by atoms with Gasteiger partial charge in [-0.05, 0) is 24.3 Å². The fourth-order valence-electron chi connectivity index (χ4n) is 2.65. The van der Waals surface area contributed by atoms with E-state index < -0.39 is 55.7 Å². The molecule has 3 aromatic rings. The minimum absolute atomic E-state index is 0.00978. The van der Waals surface area contributed by atoms with E-state index in [-0.39, 0.29) is 22.0 Å². The van der Waals surface area contributed by atoms with E-state index in [1.165, 1.54) is 6.07 Å². The van der Waals surface area contributed by atoms with Gasteiger partial charge in [0, 0.05) is 11.3 Å². The van der Waals surface area contributed by atoms with Crippen LogP contribution in [0.15, 0.2) is 38.8 Å². The molecule has 3 rings (SSSR count). The number of ether oxygens (including phenoxy) is 1. The maximum absolute atomic E-state index is 13.6. The summed E-state index contributed by atoms with van der Waals surface area (Å²) in [6.07, 6.45) is -4.90. The molecule has 33 heavy (non-hydrogen) atoms. The van der Waals surface area contributed by atoms with Crippen LogP contribution in [-0.4, -0.2) is 34.8 Å². The maximum Gasteiger partial charge on any atom is 0.437 e. The van der Waals surface area contributed by atoms with Crippen molar-refractivity contribution in [3.05, 3.63) is 72.8 Å². The second-order valence-electron chi connectivity index (χ2n) is 6.58. The molecule has 0 fully saturated rings. The number of nitrogens with zero attached hydrogens (tertiary/aromatic N) is 3. The molecule has 172 valence electrons. The summed E-state index contributed by atoms with van der Waals surface area (Å²) < 4.78 is 69.3. The quantitative estimate of drug-likeness (QED) is 0.538. The van der Waals surface area contributed by atoms with Gasteiger partial charge in [0.05, 0.1) is 23.7 Å². The van der Waals surface area contributed by atoms with Crippen molar-refractivity contribution in [2.24, 2.45) is 0 Å². The van der Waals surface area contributed by atoms with E-state index in [1.54, 1.807) is 6.07 Å². The van der Waals surface area contributed by atoms with Gasteiger partial charge in [0.1, 0.15) is 16.5 Å². The fraction of sp³-hybridized carbons (Fsp3) is 0.167. The van der Waals surface area contributed by atoms with Crippen molar-refractivity contribution in [3.63, 3.8) is 0 Å². The maximum atomic E-state index is 13.6. The minimum Gasteiger partial charge on any atom is -0.449 e. The van der Waals surface area contributed by atoms with Crippen LogP contribution >= 0.6 is 11.6 Å². The van der Waals surface area contributed by atoms with Gasteiger partial charge in [0.25, 0.3) is 11.1 Å². The second kappa shape index (κ2) is 8.68. The minimum atomic E-state index is -5.12. The van der Waals surface area contributed by atoms with E-state index in [9.17, 15) is 31.2 Å². The van der Waals surface area contributed by atoms with Crippen molar-refractivity contribution in [1.82, 2.24) is 20.2 Å². The Morgan fingerprint density at radius 2 is 1.88 bits per heavy atom. The van der Waals surface area contributed by atoms with Gasteiger partial charge in [0.15, 0.2) is 15.5 Å². The molecule has 2 N–H and O–H groups in total. The number of rotatable bonds is 5. The molecule has 0 unspecified atom stereocenters. The highest BCUT2D eigenvalue weighted by Gasteiger charge is 2.39. The predicted molar refractivity (Wildman–Crippen MR) is 107 cm³/mol. The van der Waals surface area contributed by atoms with Gasteiger partial charge >= 0.3 is 6.18 Å². The summed E-state index contributed by atoms with van der Waals surface area (Å²) in [4.78, 5) is 28.9. The van der Waals surface area contributed by atoms with Gasteiger partial charge in [-0.25, -0.2) is 18.5 Å². The van der Waals surface area contributed by atoms with Crippen molar-refractivity contribution < 1.29 is 26.3 Å². The van der Waals surface area contributed by atoms with Gasteiger partial charge in [-0.1, -0.05) is 11.6 Å². The Balaban J connectivity index is 2.07. The summed E-state index contributed by atoms with van der Waals surface area (Å²) in [5, 5.41) is 14.4. The van der Waals surface area contributed by atoms with Crippen LogP contribution in [0.2, 0.25) is 5.02 Å². The Labute approximate surface area is 187 Å². The summed E-state index contributed by atoms with van der Waals surface area (Å²) in [7, 11) is -3.95. The van der Waals surface area contributed by atoms with Crippen LogP contribution in [0.5, 0.6) is 11.5 Å². The third kappa shape index (κ3) is 5.57. The fourth-order valence-corrected chi connectivity index (χ4v) is 3.61. The van der Waals surface area contributed by atoms with Crippen LogP contribution < -0.4 is 15.9 Å². The number of nitriles is 1. The van der Waals surface area contributed by atoms with Crippen molar-refractivity contribution in [2.45, 2.75) is 17.5 Å². The van der Waals surface area contributed by atoms with Crippen molar-refractivity contribution in [3.8, 4) is 17.6 Å². The lowest BCUT2D eigenvalue weighted by atomic mass is 10.2. The first kappa shape index (κ1) is 24.0. The number of hydrogen-bond donors (Lipinski definition) is 2. The lowest BCUT2D eigenvalue weighted by molar-refractivity contribution is -0.142. The molecule has 0 radical (unpaired) electrons. The Kier molecular flexibility index (Phi) is 6.30. The first-order chi connectivity index (χ1) is 15.3. The highest BCUT2D eigenvalue weighted by molar-refractivity contribution is 7.90. The smallest absolute Gasteiger partial charge is 0.437 e. The lowest BCUT2D eigenvalue weighted by Gasteiger charge is -2.14. The second-order valence-corrected chi connectivity index (χ2v) is 9.00. The first-order valence-electron chi connectivity index (χ1n) is 8.65. The summed E-state index contributed by atoms with van der Waals surface area (Å²) in [5.74, 6) is -2.02. The summed E-state index contributed by atoms with van der Waals surface area (Å²) in [6, 6.07) is 6.03. The summed E-state index contributed by atoms with van der Waals surface area (Å²) in [5.41, 5.74) is -4.18. The van der Waals surface area contributed by atoms with Crippen LogP contribution in [0.4, 0.5) is 13.2 Å². The molecule has 0 aliphatic heterocycles. The molecule has 0 atom stereocenters. The Morgan fingerprint density at radius 3 is 2.48 bits per heavy atom. The Hall–Kier alpha value is -3.70. The number of halogens is 4. The molecule has 2 heterocycles. The zero-order valence-electron chi connectivity index (χ0n) is 16.3. The molecule has 2 aromatic heterocycles. The van der Waals surface area contributed by atoms with Crippen LogP contribution in [0, 0.1) is 11.3 Å². The van der Waals surface area contributed by atoms with Crippen LogP contribution in [0.25, 0.3) is 0 Å². The monoisotopic (exact) mass is 501 g/mol. The number of aromatic amines is 2. The highest BCUT2D eigenvalue weighted by Crippen LogP contribution is 2.35. The normalized spacial score (nSPS) is 11.8. The van der Waals surface area contributed by atoms with E-state index in [4.69, 9.17) is 21.6 Å². The molecule has 0 bridgehead atoms. The average Bonchev–Trinajstić information content (AvgIpc) is 2.69. The van der Waals surface area contributed by atoms with Gasteiger partial charge in [-0.15, -0.1) is 0 Å². The van der Waals surface area contributed by atoms with Crippen molar-refractivity contribution >= 4 is 21.4 Å². The van der Waals surface area contributed by atoms with E-state index in [2.05, 4.69) is 15.1 Å². The van der Waals surface area contributed by atoms with E-state index >= 15 is 0 Å². The molecule has 15 heteroatoms. The molecule has 0 aliphatic carbocycles. The molecular weight excluding hydrogens is 491 g/mol. The number of aromatic nitrogens is 4. The molecule has 0 saturated heterocycles. The average molecular weight is 502 g/mol. The van der Waals surface area contributed by atoms with Crippen LogP contribution in [-0.2, 0) is 22.4 Å². The molecular formula is C18H11ClF3N5O5S. The predicted octanol–water partition coefficient (Wildman–Crippen LogP) is 2.18. The van der Waals surface area contributed by atoms with Crippen molar-refractivity contribution in [1.29, 1.82) is 5.26 Å². The third-order valence-electron chi connectivity index (χ3n) is 3.99. The zero-order chi connectivity index (χ0) is 24.6. The SMILES string of the molecule is CS(=O)(=O)c1cc(Cc2nc(C(F)(F)F)c(Oc3cc(Cl)cc(C#N)c3)c(=O)[nH]2)n[nH]c1=O. The number of hydrogen-bond acceptors (Lipinski definition) is 8. The van der Waals surface area contributed by atoms with E-state index in [0.29, 0.717) is 0 Å². The molecule has 0 aliphatic rings. The van der Waals surface area contributed by atoms with Crippen LogP contribution in [0.3, 0.4) is 0 Å². The molecule has 1 aromatic carbocycles. The lowest BCUT2D eigenvalue weighted by Crippen LogP contribution is -2.23. The van der Waals surface area contributed by atoms with Gasteiger partial charge < -0.3 is 9.72 Å². The van der Waals surface area contributed by atoms with Gasteiger partial charge in [0.2, 0.25) is 5.75 Å². The molecule has 10 nitrogen and oxygen atoms in total. The highest BCUT2D eigenvalue weighted by atomic mass is 35.5. The largest absolute Gasteiger partial charge is 0.449 e. The van der Waals surface area contributed by atoms with Crippen LogP contribution in [0.1, 0.15) is 22.8 Å². The van der Waals surface area contributed by atoms with E-state index in [0.717, 1.165) is 24.5 Å². The summed E-state index contributed by atoms with van der Waals surface area (Å²) in [6.45, 7) is 0. The zero-order valence-corrected chi connectivity index (χ0v) is 17.9. The third-order valence-corrected chi connectivity index (χ3v) is 5.31. The first-order valence-corrected chi connectivity index (χ1v) is 10.9. The number of sulfone groups is 1. The number of benzene rings is 1. The number of nitrogens with one attached hydrogen (secondary N) is 2. The Bertz CT molecular complexity index is 1510. The molecule has 0 saturated carbocycles. The van der Waals surface area contributed by atoms with E-state index in [1.807, 2.05) is 5.10 Å². The number of H-pyrrole nitrogens is 2. The molecule has 0 spiro atoms. The van der Waals surface area contributed by atoms with Gasteiger partial charge in [-0.2, -0.15) is 23.5 Å². The topological polar surface area (TPSA) is 159 Å². The molecule has 0 amide bonds. The number of alkyl halides is 3. The Morgan fingerprint density at radius 1 is 1.18 bits per heavy atom. The summed E-state index contributed by atoms with van der Waals surface area (Å²) >= 11 is 5.81. The van der Waals surface area contributed by atoms with Crippen molar-refractivity contribution in [2.75, 3.05) is 6.26 Å². The van der Waals surface area contributed by atoms with Gasteiger partial charge in [-0.3, -0.25) is 9.59 Å².